The van der Waals surface area contributed by atoms with E-state index in [1.54, 1.807) is 0 Å². The first-order valence-electron chi connectivity index (χ1n) is 8.53. The number of rotatable bonds is 1. The van der Waals surface area contributed by atoms with Crippen LogP contribution >= 0.6 is 0 Å². The zero-order chi connectivity index (χ0) is 16.3. The Morgan fingerprint density at radius 1 is 1.36 bits per heavy atom. The molecule has 1 heterocycles. The highest BCUT2D eigenvalue weighted by molar-refractivity contribution is 5.95. The maximum absolute atomic E-state index is 12.4. The van der Waals surface area contributed by atoms with Gasteiger partial charge in [-0.15, -0.1) is 0 Å². The SMILES string of the molecule is C=C(C)C1CCC2(C)OC2CCC(C)C=CC=C(C)C(=O)C1. The molecular formula is C20H30O2. The van der Waals surface area contributed by atoms with E-state index >= 15 is 0 Å². The van der Waals surface area contributed by atoms with Gasteiger partial charge in [0.1, 0.15) is 0 Å². The Morgan fingerprint density at radius 2 is 2.09 bits per heavy atom. The van der Waals surface area contributed by atoms with Crippen molar-refractivity contribution in [2.45, 2.75) is 71.5 Å². The Labute approximate surface area is 135 Å². The number of fused-ring (bicyclic) bond motifs is 1. The molecule has 0 N–H and O–H groups in total. The Bertz CT molecular complexity index is 500. The van der Waals surface area contributed by atoms with Gasteiger partial charge in [-0.05, 0) is 63.9 Å². The molecule has 0 amide bonds. The van der Waals surface area contributed by atoms with Crippen LogP contribution in [-0.2, 0) is 9.53 Å². The van der Waals surface area contributed by atoms with E-state index in [0.717, 1.165) is 36.8 Å². The molecule has 0 aromatic carbocycles. The molecule has 22 heavy (non-hydrogen) atoms. The number of hydrogen-bond acceptors (Lipinski definition) is 2. The van der Waals surface area contributed by atoms with Gasteiger partial charge in [0.15, 0.2) is 5.78 Å². The van der Waals surface area contributed by atoms with Crippen molar-refractivity contribution < 1.29 is 9.53 Å². The van der Waals surface area contributed by atoms with Gasteiger partial charge < -0.3 is 4.74 Å². The summed E-state index contributed by atoms with van der Waals surface area (Å²) in [6.07, 6.45) is 11.4. The average molecular weight is 302 g/mol. The smallest absolute Gasteiger partial charge is 0.159 e. The minimum Gasteiger partial charge on any atom is -0.366 e. The molecule has 0 radical (unpaired) electrons. The van der Waals surface area contributed by atoms with Crippen LogP contribution in [0.15, 0.2) is 36.0 Å². The van der Waals surface area contributed by atoms with Crippen molar-refractivity contribution in [2.75, 3.05) is 0 Å². The highest BCUT2D eigenvalue weighted by atomic mass is 16.6. The predicted octanol–water partition coefficient (Wildman–Crippen LogP) is 5.01. The van der Waals surface area contributed by atoms with Gasteiger partial charge in [0, 0.05) is 6.42 Å². The standard InChI is InChI=1S/C20H30O2/c1-14(2)17-11-12-20(5)19(22-20)10-9-15(3)7-6-8-16(4)18(21)13-17/h6-8,15,17,19H,1,9-13H2,2-5H3. The summed E-state index contributed by atoms with van der Waals surface area (Å²) < 4.78 is 5.95. The van der Waals surface area contributed by atoms with Gasteiger partial charge in [-0.3, -0.25) is 4.79 Å². The molecule has 4 unspecified atom stereocenters. The number of ether oxygens (including phenoxy) is 1. The first kappa shape index (κ1) is 17.2. The fourth-order valence-corrected chi connectivity index (χ4v) is 3.24. The van der Waals surface area contributed by atoms with Crippen LogP contribution in [0.1, 0.15) is 59.8 Å². The molecule has 1 aliphatic carbocycles. The van der Waals surface area contributed by atoms with Crippen LogP contribution in [0.2, 0.25) is 0 Å². The summed E-state index contributed by atoms with van der Waals surface area (Å²) in [6, 6.07) is 0. The second-order valence-corrected chi connectivity index (χ2v) is 7.42. The van der Waals surface area contributed by atoms with Crippen LogP contribution in [0.4, 0.5) is 0 Å². The molecule has 0 aromatic heterocycles. The molecule has 2 aliphatic rings. The van der Waals surface area contributed by atoms with Gasteiger partial charge in [-0.1, -0.05) is 37.3 Å². The van der Waals surface area contributed by atoms with Gasteiger partial charge in [0.05, 0.1) is 11.7 Å². The predicted molar refractivity (Wildman–Crippen MR) is 91.7 cm³/mol. The number of allylic oxidation sites excluding steroid dienone is 5. The molecular weight excluding hydrogens is 272 g/mol. The first-order chi connectivity index (χ1) is 10.3. The lowest BCUT2D eigenvalue weighted by Gasteiger charge is -2.18. The van der Waals surface area contributed by atoms with Crippen molar-refractivity contribution in [3.63, 3.8) is 0 Å². The van der Waals surface area contributed by atoms with Crippen LogP contribution in [0.25, 0.3) is 0 Å². The van der Waals surface area contributed by atoms with Crippen LogP contribution in [-0.4, -0.2) is 17.5 Å². The van der Waals surface area contributed by atoms with Crippen molar-refractivity contribution in [1.29, 1.82) is 0 Å². The van der Waals surface area contributed by atoms with E-state index in [0.29, 0.717) is 18.4 Å². The fourth-order valence-electron chi connectivity index (χ4n) is 3.24. The second-order valence-electron chi connectivity index (χ2n) is 7.42. The molecule has 0 bridgehead atoms. The Morgan fingerprint density at radius 3 is 2.77 bits per heavy atom. The largest absolute Gasteiger partial charge is 0.366 e. The van der Waals surface area contributed by atoms with Gasteiger partial charge in [-0.25, -0.2) is 0 Å². The zero-order valence-electron chi connectivity index (χ0n) is 14.5. The summed E-state index contributed by atoms with van der Waals surface area (Å²) in [5, 5.41) is 0. The molecule has 1 aliphatic heterocycles. The van der Waals surface area contributed by atoms with Crippen molar-refractivity contribution in [1.82, 2.24) is 0 Å². The summed E-state index contributed by atoms with van der Waals surface area (Å²) in [6.45, 7) is 12.5. The molecule has 1 fully saturated rings. The number of hydrogen-bond donors (Lipinski definition) is 0. The van der Waals surface area contributed by atoms with Crippen LogP contribution in [0, 0.1) is 11.8 Å². The maximum Gasteiger partial charge on any atom is 0.159 e. The van der Waals surface area contributed by atoms with Crippen LogP contribution in [0.5, 0.6) is 0 Å². The summed E-state index contributed by atoms with van der Waals surface area (Å²) >= 11 is 0. The molecule has 0 spiro atoms. The zero-order valence-corrected chi connectivity index (χ0v) is 14.5. The van der Waals surface area contributed by atoms with Crippen molar-refractivity contribution >= 4 is 5.78 Å². The summed E-state index contributed by atoms with van der Waals surface area (Å²) in [4.78, 5) is 12.4. The third-order valence-corrected chi connectivity index (χ3v) is 5.26. The molecule has 4 atom stereocenters. The van der Waals surface area contributed by atoms with Gasteiger partial charge >= 0.3 is 0 Å². The van der Waals surface area contributed by atoms with E-state index in [9.17, 15) is 4.79 Å². The number of carbonyl (C=O) groups excluding carboxylic acids is 1. The number of carbonyl (C=O) groups is 1. The monoisotopic (exact) mass is 302 g/mol. The van der Waals surface area contributed by atoms with E-state index in [1.165, 1.54) is 0 Å². The van der Waals surface area contributed by atoms with E-state index in [-0.39, 0.29) is 17.3 Å². The van der Waals surface area contributed by atoms with Crippen molar-refractivity contribution in [3.8, 4) is 0 Å². The Hall–Kier alpha value is -1.15. The minimum absolute atomic E-state index is 0.0230. The Balaban J connectivity index is 2.14. The van der Waals surface area contributed by atoms with Crippen LogP contribution in [0.3, 0.4) is 0 Å². The number of Topliss-reactive ketones (excluding diaryl/α,β-unsaturated/α-hetero) is 1. The molecule has 0 aromatic rings. The third-order valence-electron chi connectivity index (χ3n) is 5.26. The topological polar surface area (TPSA) is 29.6 Å². The van der Waals surface area contributed by atoms with E-state index in [4.69, 9.17) is 4.74 Å². The molecule has 0 saturated carbocycles. The van der Waals surface area contributed by atoms with Crippen molar-refractivity contribution in [3.05, 3.63) is 36.0 Å². The highest BCUT2D eigenvalue weighted by Gasteiger charge is 2.51. The fraction of sp³-hybridized carbons (Fsp3) is 0.650. The maximum atomic E-state index is 12.4. The molecule has 2 nitrogen and oxygen atoms in total. The quantitative estimate of drug-likeness (QED) is 0.503. The first-order valence-corrected chi connectivity index (χ1v) is 8.53. The van der Waals surface area contributed by atoms with Crippen LogP contribution < -0.4 is 0 Å². The second kappa shape index (κ2) is 6.95. The van der Waals surface area contributed by atoms with Gasteiger partial charge in [0.25, 0.3) is 0 Å². The number of epoxide rings is 1. The lowest BCUT2D eigenvalue weighted by atomic mass is 9.85. The van der Waals surface area contributed by atoms with Crippen molar-refractivity contribution in [2.24, 2.45) is 11.8 Å². The minimum atomic E-state index is 0.0230. The molecule has 2 rings (SSSR count). The lowest BCUT2D eigenvalue weighted by molar-refractivity contribution is -0.116. The average Bonchev–Trinajstić information content (AvgIpc) is 3.10. The molecule has 1 saturated heterocycles. The normalized spacial score (nSPS) is 37.0. The number of ketones is 1. The lowest BCUT2D eigenvalue weighted by Crippen LogP contribution is -2.16. The van der Waals surface area contributed by atoms with Gasteiger partial charge in [-0.2, -0.15) is 0 Å². The highest BCUT2D eigenvalue weighted by Crippen LogP contribution is 2.45. The van der Waals surface area contributed by atoms with E-state index < -0.39 is 0 Å². The van der Waals surface area contributed by atoms with E-state index in [2.05, 4.69) is 26.5 Å². The molecule has 122 valence electrons. The summed E-state index contributed by atoms with van der Waals surface area (Å²) in [5.74, 6) is 1.03. The molecule has 2 heteroatoms. The Kier molecular flexibility index (Phi) is 5.44. The third kappa shape index (κ3) is 4.42. The summed E-state index contributed by atoms with van der Waals surface area (Å²) in [7, 11) is 0. The summed E-state index contributed by atoms with van der Waals surface area (Å²) in [5.41, 5.74) is 1.98. The van der Waals surface area contributed by atoms with E-state index in [1.807, 2.05) is 26.0 Å². The van der Waals surface area contributed by atoms with Gasteiger partial charge in [0.2, 0.25) is 0 Å².